The zero-order valence-electron chi connectivity index (χ0n) is 8.33. The van der Waals surface area contributed by atoms with Crippen LogP contribution in [-0.4, -0.2) is 0 Å². The van der Waals surface area contributed by atoms with Crippen LogP contribution in [-0.2, 0) is 0 Å². The summed E-state index contributed by atoms with van der Waals surface area (Å²) in [5.41, 5.74) is 1.36. The van der Waals surface area contributed by atoms with E-state index in [1.165, 1.54) is 5.56 Å². The third-order valence-corrected chi connectivity index (χ3v) is 2.37. The van der Waals surface area contributed by atoms with Crippen LogP contribution >= 0.6 is 0 Å². The molecule has 0 heteroatoms. The van der Waals surface area contributed by atoms with Gasteiger partial charge in [-0.05, 0) is 17.4 Å². The summed E-state index contributed by atoms with van der Waals surface area (Å²) in [7, 11) is 0. The first-order chi connectivity index (χ1) is 6.25. The molecule has 1 rings (SSSR count). The Morgan fingerprint density at radius 3 is 2.31 bits per heavy atom. The lowest BCUT2D eigenvalue weighted by molar-refractivity contribution is 0.508. The van der Waals surface area contributed by atoms with E-state index in [2.05, 4.69) is 44.0 Å². The highest BCUT2D eigenvalue weighted by atomic mass is 14.2. The van der Waals surface area contributed by atoms with Crippen molar-refractivity contribution in [1.29, 1.82) is 0 Å². The second kappa shape index (κ2) is 4.72. The molecule has 1 atom stereocenters. The largest absolute Gasteiger partial charge is 0.120 e. The fourth-order valence-electron chi connectivity index (χ4n) is 1.57. The third kappa shape index (κ3) is 2.63. The predicted molar refractivity (Wildman–Crippen MR) is 57.5 cm³/mol. The van der Waals surface area contributed by atoms with Crippen molar-refractivity contribution in [2.45, 2.75) is 26.2 Å². The quantitative estimate of drug-likeness (QED) is 0.613. The summed E-state index contributed by atoms with van der Waals surface area (Å²) in [5.74, 6) is 3.86. The first kappa shape index (κ1) is 9.86. The molecule has 0 aliphatic heterocycles. The Hall–Kier alpha value is -1.22. The summed E-state index contributed by atoms with van der Waals surface area (Å²) in [6.07, 6.45) is 6.19. The lowest BCUT2D eigenvalue weighted by atomic mass is 9.86. The predicted octanol–water partition coefficient (Wildman–Crippen LogP) is 3.45. The number of benzene rings is 1. The standard InChI is InChI=1S/C13H16/c1-4-8-13(11(2)3)12-9-6-5-7-10-12/h1,5-7,9-11,13H,8H2,2-3H3. The fourth-order valence-corrected chi connectivity index (χ4v) is 1.57. The summed E-state index contributed by atoms with van der Waals surface area (Å²) in [4.78, 5) is 0. The molecular formula is C13H16. The van der Waals surface area contributed by atoms with Gasteiger partial charge in [-0.3, -0.25) is 0 Å². The molecule has 0 N–H and O–H groups in total. The molecule has 0 bridgehead atoms. The maximum atomic E-state index is 5.35. The molecule has 0 fully saturated rings. The van der Waals surface area contributed by atoms with Gasteiger partial charge in [0.1, 0.15) is 0 Å². The topological polar surface area (TPSA) is 0 Å². The first-order valence-electron chi connectivity index (χ1n) is 4.74. The van der Waals surface area contributed by atoms with Gasteiger partial charge in [-0.15, -0.1) is 12.3 Å². The lowest BCUT2D eigenvalue weighted by Crippen LogP contribution is -2.05. The van der Waals surface area contributed by atoms with E-state index < -0.39 is 0 Å². The van der Waals surface area contributed by atoms with Gasteiger partial charge in [0.2, 0.25) is 0 Å². The second-order valence-electron chi connectivity index (χ2n) is 3.67. The Labute approximate surface area is 81.0 Å². The zero-order valence-corrected chi connectivity index (χ0v) is 8.33. The Bertz CT molecular complexity index is 277. The van der Waals surface area contributed by atoms with E-state index in [1.807, 2.05) is 6.07 Å². The van der Waals surface area contributed by atoms with Gasteiger partial charge >= 0.3 is 0 Å². The molecular weight excluding hydrogens is 156 g/mol. The van der Waals surface area contributed by atoms with Crippen LogP contribution in [0.4, 0.5) is 0 Å². The molecule has 0 saturated heterocycles. The summed E-state index contributed by atoms with van der Waals surface area (Å²) in [5, 5.41) is 0. The van der Waals surface area contributed by atoms with Crippen LogP contribution in [0, 0.1) is 18.3 Å². The van der Waals surface area contributed by atoms with Gasteiger partial charge in [-0.1, -0.05) is 44.2 Å². The van der Waals surface area contributed by atoms with E-state index in [9.17, 15) is 0 Å². The van der Waals surface area contributed by atoms with E-state index in [0.29, 0.717) is 11.8 Å². The van der Waals surface area contributed by atoms with Gasteiger partial charge in [0.15, 0.2) is 0 Å². The molecule has 0 heterocycles. The summed E-state index contributed by atoms with van der Waals surface area (Å²) < 4.78 is 0. The number of rotatable bonds is 3. The Balaban J connectivity index is 2.84. The van der Waals surface area contributed by atoms with E-state index in [1.54, 1.807) is 0 Å². The molecule has 0 aromatic heterocycles. The minimum atomic E-state index is 0.506. The van der Waals surface area contributed by atoms with Gasteiger partial charge in [-0.25, -0.2) is 0 Å². The highest BCUT2D eigenvalue weighted by Crippen LogP contribution is 2.26. The van der Waals surface area contributed by atoms with E-state index in [4.69, 9.17) is 6.42 Å². The van der Waals surface area contributed by atoms with E-state index >= 15 is 0 Å². The van der Waals surface area contributed by atoms with E-state index in [-0.39, 0.29) is 0 Å². The molecule has 1 aromatic carbocycles. The van der Waals surface area contributed by atoms with Crippen molar-refractivity contribution in [2.75, 3.05) is 0 Å². The Morgan fingerprint density at radius 1 is 1.23 bits per heavy atom. The van der Waals surface area contributed by atoms with Crippen LogP contribution in [0.3, 0.4) is 0 Å². The van der Waals surface area contributed by atoms with Crippen LogP contribution in [0.5, 0.6) is 0 Å². The van der Waals surface area contributed by atoms with Gasteiger partial charge in [0.05, 0.1) is 0 Å². The number of terminal acetylenes is 1. The van der Waals surface area contributed by atoms with Gasteiger partial charge in [0.25, 0.3) is 0 Å². The van der Waals surface area contributed by atoms with Crippen molar-refractivity contribution in [3.05, 3.63) is 35.9 Å². The third-order valence-electron chi connectivity index (χ3n) is 2.37. The minimum absolute atomic E-state index is 0.506. The zero-order chi connectivity index (χ0) is 9.68. The van der Waals surface area contributed by atoms with Gasteiger partial charge in [0, 0.05) is 6.42 Å². The van der Waals surface area contributed by atoms with Crippen molar-refractivity contribution < 1.29 is 0 Å². The average molecular weight is 172 g/mol. The van der Waals surface area contributed by atoms with Crippen LogP contribution in [0.15, 0.2) is 30.3 Å². The Kier molecular flexibility index (Phi) is 3.58. The normalized spacial score (nSPS) is 12.5. The molecule has 0 amide bonds. The Morgan fingerprint density at radius 2 is 1.85 bits per heavy atom. The molecule has 0 aliphatic rings. The average Bonchev–Trinajstić information content (AvgIpc) is 2.15. The number of hydrogen-bond donors (Lipinski definition) is 0. The molecule has 0 spiro atoms. The summed E-state index contributed by atoms with van der Waals surface area (Å²) in [6, 6.07) is 10.5. The lowest BCUT2D eigenvalue weighted by Gasteiger charge is -2.18. The van der Waals surface area contributed by atoms with Crippen LogP contribution < -0.4 is 0 Å². The first-order valence-corrected chi connectivity index (χ1v) is 4.74. The van der Waals surface area contributed by atoms with E-state index in [0.717, 1.165) is 6.42 Å². The monoisotopic (exact) mass is 172 g/mol. The molecule has 0 saturated carbocycles. The van der Waals surface area contributed by atoms with Crippen LogP contribution in [0.2, 0.25) is 0 Å². The highest BCUT2D eigenvalue weighted by molar-refractivity contribution is 5.21. The minimum Gasteiger partial charge on any atom is -0.120 e. The molecule has 1 unspecified atom stereocenters. The van der Waals surface area contributed by atoms with Gasteiger partial charge < -0.3 is 0 Å². The summed E-state index contributed by atoms with van der Waals surface area (Å²) in [6.45, 7) is 4.43. The molecule has 0 radical (unpaired) electrons. The maximum Gasteiger partial charge on any atom is 0.0157 e. The molecule has 0 aliphatic carbocycles. The fraction of sp³-hybridized carbons (Fsp3) is 0.385. The van der Waals surface area contributed by atoms with Crippen molar-refractivity contribution in [3.8, 4) is 12.3 Å². The van der Waals surface area contributed by atoms with Gasteiger partial charge in [-0.2, -0.15) is 0 Å². The molecule has 13 heavy (non-hydrogen) atoms. The maximum absolute atomic E-state index is 5.35. The molecule has 68 valence electrons. The van der Waals surface area contributed by atoms with Crippen molar-refractivity contribution in [1.82, 2.24) is 0 Å². The summed E-state index contributed by atoms with van der Waals surface area (Å²) >= 11 is 0. The van der Waals surface area contributed by atoms with Crippen LogP contribution in [0.1, 0.15) is 31.7 Å². The number of hydrogen-bond acceptors (Lipinski definition) is 0. The second-order valence-corrected chi connectivity index (χ2v) is 3.67. The highest BCUT2D eigenvalue weighted by Gasteiger charge is 2.13. The molecule has 1 aromatic rings. The van der Waals surface area contributed by atoms with Crippen molar-refractivity contribution >= 4 is 0 Å². The van der Waals surface area contributed by atoms with Crippen molar-refractivity contribution in [2.24, 2.45) is 5.92 Å². The molecule has 0 nitrogen and oxygen atoms in total. The van der Waals surface area contributed by atoms with Crippen LogP contribution in [0.25, 0.3) is 0 Å². The smallest absolute Gasteiger partial charge is 0.0157 e. The van der Waals surface area contributed by atoms with Crippen molar-refractivity contribution in [3.63, 3.8) is 0 Å². The SMILES string of the molecule is C#CCC(c1ccccc1)C(C)C.